The van der Waals surface area contributed by atoms with E-state index in [0.717, 1.165) is 0 Å². The first-order chi connectivity index (χ1) is 8.41. The summed E-state index contributed by atoms with van der Waals surface area (Å²) in [5.41, 5.74) is -0.377. The summed E-state index contributed by atoms with van der Waals surface area (Å²) >= 11 is 5.73. The fourth-order valence-corrected chi connectivity index (χ4v) is 1.82. The van der Waals surface area contributed by atoms with Gasteiger partial charge in [0.05, 0.1) is 17.1 Å². The van der Waals surface area contributed by atoms with Gasteiger partial charge in [-0.3, -0.25) is 9.47 Å². The molecule has 0 fully saturated rings. The van der Waals surface area contributed by atoms with E-state index >= 15 is 0 Å². The van der Waals surface area contributed by atoms with E-state index in [1.165, 1.54) is 23.1 Å². The highest BCUT2D eigenvalue weighted by atomic mass is 35.5. The average Bonchev–Trinajstić information content (AvgIpc) is 2.29. The summed E-state index contributed by atoms with van der Waals surface area (Å²) in [4.78, 5) is 26.9. The van der Waals surface area contributed by atoms with Crippen LogP contribution in [-0.4, -0.2) is 34.8 Å². The van der Waals surface area contributed by atoms with Crippen LogP contribution in [0.3, 0.4) is 0 Å². The van der Waals surface area contributed by atoms with Crippen LogP contribution in [-0.2, 0) is 0 Å². The number of nitrogens with zero attached hydrogens (tertiary/aromatic N) is 3. The zero-order valence-corrected chi connectivity index (χ0v) is 10.5. The Morgan fingerprint density at radius 3 is 2.72 bits per heavy atom. The molecule has 0 bridgehead atoms. The minimum absolute atomic E-state index is 0.146. The molecular formula is C11H10ClN3O3. The fraction of sp³-hybridized carbons (Fsp3) is 0.182. The molecule has 0 saturated heterocycles. The lowest BCUT2D eigenvalue weighted by molar-refractivity contribution is 0.0695. The molecule has 0 amide bonds. The Hall–Kier alpha value is -2.08. The minimum Gasteiger partial charge on any atom is -0.477 e. The van der Waals surface area contributed by atoms with E-state index in [1.54, 1.807) is 19.1 Å². The summed E-state index contributed by atoms with van der Waals surface area (Å²) < 4.78 is 1.53. The number of fused-ring (bicyclic) bond motifs is 1. The molecule has 18 heavy (non-hydrogen) atoms. The van der Waals surface area contributed by atoms with Crippen molar-refractivity contribution in [3.05, 3.63) is 39.4 Å². The molecule has 0 aliphatic carbocycles. The largest absolute Gasteiger partial charge is 0.477 e. The zero-order valence-electron chi connectivity index (χ0n) is 9.72. The van der Waals surface area contributed by atoms with Gasteiger partial charge in [0, 0.05) is 20.3 Å². The average molecular weight is 268 g/mol. The normalized spacial score (nSPS) is 10.6. The van der Waals surface area contributed by atoms with Gasteiger partial charge >= 0.3 is 5.97 Å². The topological polar surface area (TPSA) is 75.4 Å². The van der Waals surface area contributed by atoms with Crippen molar-refractivity contribution in [2.24, 2.45) is 0 Å². The van der Waals surface area contributed by atoms with Crippen molar-refractivity contribution in [1.82, 2.24) is 9.66 Å². The highest BCUT2D eigenvalue weighted by Crippen LogP contribution is 2.14. The van der Waals surface area contributed by atoms with Crippen molar-refractivity contribution in [2.75, 3.05) is 19.1 Å². The van der Waals surface area contributed by atoms with Gasteiger partial charge in [-0.2, -0.15) is 0 Å². The van der Waals surface area contributed by atoms with Gasteiger partial charge in [0.25, 0.3) is 0 Å². The molecule has 0 aliphatic heterocycles. The molecule has 0 aromatic carbocycles. The molecule has 0 radical (unpaired) electrons. The second kappa shape index (κ2) is 4.30. The standard InChI is InChI=1S/C11H10ClN3O3/c1-14(2)15-5-7(11(17)18)10(16)6-3-9(12)13-4-8(6)15/h3-5H,1-2H3,(H,17,18). The van der Waals surface area contributed by atoms with Crippen LogP contribution in [0.15, 0.2) is 23.3 Å². The number of carbonyl (C=O) groups is 1. The summed E-state index contributed by atoms with van der Waals surface area (Å²) in [7, 11) is 3.45. The molecule has 0 spiro atoms. The van der Waals surface area contributed by atoms with Crippen LogP contribution in [0.25, 0.3) is 10.9 Å². The Kier molecular flexibility index (Phi) is 2.96. The van der Waals surface area contributed by atoms with E-state index in [1.807, 2.05) is 0 Å². The Labute approximate surface area is 107 Å². The summed E-state index contributed by atoms with van der Waals surface area (Å²) in [6.45, 7) is 0. The predicted molar refractivity (Wildman–Crippen MR) is 68.0 cm³/mol. The van der Waals surface area contributed by atoms with Crippen LogP contribution in [0, 0.1) is 0 Å². The van der Waals surface area contributed by atoms with Crippen LogP contribution < -0.4 is 10.4 Å². The lowest BCUT2D eigenvalue weighted by Gasteiger charge is -2.19. The Morgan fingerprint density at radius 2 is 2.17 bits per heavy atom. The van der Waals surface area contributed by atoms with Gasteiger partial charge in [-0.05, 0) is 6.07 Å². The number of rotatable bonds is 2. The van der Waals surface area contributed by atoms with E-state index in [-0.39, 0.29) is 16.1 Å². The quantitative estimate of drug-likeness (QED) is 0.820. The SMILES string of the molecule is CN(C)n1cc(C(=O)O)c(=O)c2cc(Cl)ncc21. The number of halogens is 1. The van der Waals surface area contributed by atoms with Crippen molar-refractivity contribution in [3.63, 3.8) is 0 Å². The smallest absolute Gasteiger partial charge is 0.341 e. The minimum atomic E-state index is -1.27. The van der Waals surface area contributed by atoms with E-state index in [0.29, 0.717) is 5.52 Å². The molecule has 2 aromatic rings. The number of carboxylic acids is 1. The van der Waals surface area contributed by atoms with Crippen LogP contribution in [0.4, 0.5) is 0 Å². The van der Waals surface area contributed by atoms with Crippen LogP contribution >= 0.6 is 11.6 Å². The maximum absolute atomic E-state index is 12.0. The zero-order chi connectivity index (χ0) is 13.4. The summed E-state index contributed by atoms with van der Waals surface area (Å²) in [6.07, 6.45) is 2.70. The molecule has 94 valence electrons. The van der Waals surface area contributed by atoms with Crippen molar-refractivity contribution < 1.29 is 9.90 Å². The van der Waals surface area contributed by atoms with Gasteiger partial charge < -0.3 is 10.1 Å². The summed E-state index contributed by atoms with van der Waals surface area (Å²) in [6, 6.07) is 1.37. The molecular weight excluding hydrogens is 258 g/mol. The van der Waals surface area contributed by atoms with E-state index in [4.69, 9.17) is 16.7 Å². The monoisotopic (exact) mass is 267 g/mol. The van der Waals surface area contributed by atoms with Gasteiger partial charge in [0.1, 0.15) is 10.7 Å². The maximum Gasteiger partial charge on any atom is 0.341 e. The molecule has 2 heterocycles. The van der Waals surface area contributed by atoms with Crippen molar-refractivity contribution in [3.8, 4) is 0 Å². The molecule has 0 aliphatic rings. The molecule has 2 rings (SSSR count). The third kappa shape index (κ3) is 1.91. The van der Waals surface area contributed by atoms with E-state index < -0.39 is 11.4 Å². The van der Waals surface area contributed by atoms with Crippen molar-refractivity contribution in [2.45, 2.75) is 0 Å². The second-order valence-corrected chi connectivity index (χ2v) is 4.28. The molecule has 0 atom stereocenters. The van der Waals surface area contributed by atoms with Gasteiger partial charge in [-0.15, -0.1) is 0 Å². The molecule has 7 heteroatoms. The number of hydrogen-bond acceptors (Lipinski definition) is 4. The molecule has 6 nitrogen and oxygen atoms in total. The number of hydrogen-bond donors (Lipinski definition) is 1. The van der Waals surface area contributed by atoms with Crippen LogP contribution in [0.5, 0.6) is 0 Å². The van der Waals surface area contributed by atoms with Gasteiger partial charge in [-0.1, -0.05) is 11.6 Å². The molecule has 0 unspecified atom stereocenters. The highest BCUT2D eigenvalue weighted by Gasteiger charge is 2.15. The van der Waals surface area contributed by atoms with Crippen molar-refractivity contribution in [1.29, 1.82) is 0 Å². The van der Waals surface area contributed by atoms with E-state index in [9.17, 15) is 9.59 Å². The summed E-state index contributed by atoms with van der Waals surface area (Å²) in [5, 5.41) is 11.0. The highest BCUT2D eigenvalue weighted by molar-refractivity contribution is 6.30. The Bertz CT molecular complexity index is 694. The number of carboxylic acid groups (broad SMARTS) is 1. The van der Waals surface area contributed by atoms with E-state index in [2.05, 4.69) is 4.98 Å². The lowest BCUT2D eigenvalue weighted by Crippen LogP contribution is -2.29. The van der Waals surface area contributed by atoms with Gasteiger partial charge in [0.2, 0.25) is 5.43 Å². The number of pyridine rings is 2. The molecule has 2 aromatic heterocycles. The Balaban J connectivity index is 2.97. The lowest BCUT2D eigenvalue weighted by atomic mass is 10.2. The second-order valence-electron chi connectivity index (χ2n) is 3.89. The molecule has 1 N–H and O–H groups in total. The Morgan fingerprint density at radius 1 is 1.50 bits per heavy atom. The van der Waals surface area contributed by atoms with Gasteiger partial charge in [0.15, 0.2) is 0 Å². The first-order valence-electron chi connectivity index (χ1n) is 5.03. The third-order valence-electron chi connectivity index (χ3n) is 2.50. The van der Waals surface area contributed by atoms with Crippen LogP contribution in [0.2, 0.25) is 5.15 Å². The predicted octanol–water partition coefficient (Wildman–Crippen LogP) is 0.946. The summed E-state index contributed by atoms with van der Waals surface area (Å²) in [5.74, 6) is -1.27. The van der Waals surface area contributed by atoms with Crippen molar-refractivity contribution >= 4 is 28.5 Å². The first-order valence-corrected chi connectivity index (χ1v) is 5.41. The van der Waals surface area contributed by atoms with Crippen LogP contribution in [0.1, 0.15) is 10.4 Å². The number of aromatic carboxylic acids is 1. The molecule has 0 saturated carbocycles. The third-order valence-corrected chi connectivity index (χ3v) is 2.71. The number of aromatic nitrogens is 2. The fourth-order valence-electron chi connectivity index (χ4n) is 1.67. The maximum atomic E-state index is 12.0. The first kappa shape index (κ1) is 12.4. The van der Waals surface area contributed by atoms with Gasteiger partial charge in [-0.25, -0.2) is 9.78 Å².